The quantitative estimate of drug-likeness (QED) is 0.806. The third kappa shape index (κ3) is 4.90. The molecule has 2 rings (SSSR count). The molecule has 0 aliphatic rings. The summed E-state index contributed by atoms with van der Waals surface area (Å²) in [5, 5.41) is 2.83. The van der Waals surface area contributed by atoms with Gasteiger partial charge in [-0.2, -0.15) is 0 Å². The van der Waals surface area contributed by atoms with E-state index in [4.69, 9.17) is 4.74 Å². The fraction of sp³-hybridized carbons (Fsp3) is 0.235. The molecule has 0 fully saturated rings. The Hall–Kier alpha value is -1.81. The number of halogens is 1. The molecule has 110 valence electrons. The predicted molar refractivity (Wildman–Crippen MR) is 87.8 cm³/mol. The average molecular weight is 348 g/mol. The molecule has 0 unspecified atom stereocenters. The number of aryl methyl sites for hydroxylation is 1. The molecule has 0 saturated heterocycles. The van der Waals surface area contributed by atoms with Crippen molar-refractivity contribution in [2.75, 3.05) is 13.2 Å². The molecule has 4 heteroatoms. The Morgan fingerprint density at radius 2 is 1.95 bits per heavy atom. The van der Waals surface area contributed by atoms with Crippen molar-refractivity contribution in [3.63, 3.8) is 0 Å². The maximum absolute atomic E-state index is 11.9. The molecule has 0 aliphatic carbocycles. The molecule has 0 aliphatic heterocycles. The van der Waals surface area contributed by atoms with E-state index >= 15 is 0 Å². The topological polar surface area (TPSA) is 38.3 Å². The Balaban J connectivity index is 1.75. The summed E-state index contributed by atoms with van der Waals surface area (Å²) < 4.78 is 6.48. The number of hydrogen-bond acceptors (Lipinski definition) is 2. The van der Waals surface area contributed by atoms with Gasteiger partial charge in [-0.15, -0.1) is 0 Å². The van der Waals surface area contributed by atoms with E-state index in [1.54, 1.807) is 12.1 Å². The second-order valence-electron chi connectivity index (χ2n) is 4.61. The van der Waals surface area contributed by atoms with Crippen LogP contribution in [0.2, 0.25) is 0 Å². The Morgan fingerprint density at radius 1 is 1.19 bits per heavy atom. The van der Waals surface area contributed by atoms with Gasteiger partial charge in [0, 0.05) is 10.0 Å². The number of ether oxygens (including phenoxy) is 1. The highest BCUT2D eigenvalue weighted by Gasteiger charge is 2.04. The van der Waals surface area contributed by atoms with Crippen LogP contribution in [0.25, 0.3) is 0 Å². The first-order valence-corrected chi connectivity index (χ1v) is 7.74. The highest BCUT2D eigenvalue weighted by atomic mass is 79.9. The largest absolute Gasteiger partial charge is 0.492 e. The van der Waals surface area contributed by atoms with Crippen LogP contribution < -0.4 is 10.1 Å². The fourth-order valence-electron chi connectivity index (χ4n) is 1.89. The lowest BCUT2D eigenvalue weighted by atomic mass is 10.2. The number of benzene rings is 2. The number of carbonyl (C=O) groups excluding carboxylic acids is 1. The van der Waals surface area contributed by atoms with Crippen LogP contribution in [0.5, 0.6) is 5.75 Å². The number of nitrogens with one attached hydrogen (secondary N) is 1. The highest BCUT2D eigenvalue weighted by molar-refractivity contribution is 9.10. The van der Waals surface area contributed by atoms with Crippen molar-refractivity contribution in [1.29, 1.82) is 0 Å². The van der Waals surface area contributed by atoms with Crippen LogP contribution in [-0.4, -0.2) is 19.1 Å². The first kappa shape index (κ1) is 15.6. The van der Waals surface area contributed by atoms with Crippen molar-refractivity contribution >= 4 is 21.8 Å². The number of amides is 1. The van der Waals surface area contributed by atoms with Gasteiger partial charge in [0.25, 0.3) is 5.91 Å². The van der Waals surface area contributed by atoms with Gasteiger partial charge in [-0.3, -0.25) is 4.79 Å². The third-order valence-corrected chi connectivity index (χ3v) is 3.57. The zero-order valence-corrected chi connectivity index (χ0v) is 13.5. The Kier molecular flexibility index (Phi) is 5.81. The highest BCUT2D eigenvalue weighted by Crippen LogP contribution is 2.13. The minimum absolute atomic E-state index is 0.0961. The number of hydrogen-bond donors (Lipinski definition) is 1. The molecule has 21 heavy (non-hydrogen) atoms. The van der Waals surface area contributed by atoms with Crippen LogP contribution in [-0.2, 0) is 6.42 Å². The molecular weight excluding hydrogens is 330 g/mol. The maximum Gasteiger partial charge on any atom is 0.251 e. The molecule has 0 heterocycles. The summed E-state index contributed by atoms with van der Waals surface area (Å²) in [6.45, 7) is 3.04. The lowest BCUT2D eigenvalue weighted by Crippen LogP contribution is -2.28. The van der Waals surface area contributed by atoms with Crippen LogP contribution in [0.3, 0.4) is 0 Å². The van der Waals surface area contributed by atoms with Gasteiger partial charge in [0.1, 0.15) is 12.4 Å². The van der Waals surface area contributed by atoms with Crippen LogP contribution >= 0.6 is 15.9 Å². The maximum atomic E-state index is 11.9. The zero-order chi connectivity index (χ0) is 15.1. The molecule has 0 spiro atoms. The first-order valence-electron chi connectivity index (χ1n) is 6.94. The van der Waals surface area contributed by atoms with Gasteiger partial charge in [0.05, 0.1) is 6.54 Å². The smallest absolute Gasteiger partial charge is 0.251 e. The van der Waals surface area contributed by atoms with E-state index in [9.17, 15) is 4.79 Å². The van der Waals surface area contributed by atoms with Crippen molar-refractivity contribution in [2.24, 2.45) is 0 Å². The number of rotatable bonds is 6. The van der Waals surface area contributed by atoms with Gasteiger partial charge in [0.2, 0.25) is 0 Å². The number of carbonyl (C=O) groups is 1. The molecule has 0 bridgehead atoms. The van der Waals surface area contributed by atoms with Crippen LogP contribution in [0, 0.1) is 0 Å². The molecule has 3 nitrogen and oxygen atoms in total. The molecule has 0 atom stereocenters. The summed E-state index contributed by atoms with van der Waals surface area (Å²) in [6, 6.07) is 15.3. The Labute approximate surface area is 133 Å². The van der Waals surface area contributed by atoms with E-state index in [0.29, 0.717) is 18.7 Å². The molecule has 1 N–H and O–H groups in total. The molecular formula is C17H18BrNO2. The SMILES string of the molecule is CCc1ccc(OCCNC(=O)c2cccc(Br)c2)cc1. The molecule has 1 amide bonds. The zero-order valence-electron chi connectivity index (χ0n) is 11.9. The van der Waals surface area contributed by atoms with Crippen molar-refractivity contribution in [1.82, 2.24) is 5.32 Å². The van der Waals surface area contributed by atoms with E-state index < -0.39 is 0 Å². The second-order valence-corrected chi connectivity index (χ2v) is 5.53. The minimum atomic E-state index is -0.0961. The third-order valence-electron chi connectivity index (χ3n) is 3.07. The second kappa shape index (κ2) is 7.84. The van der Waals surface area contributed by atoms with Crippen LogP contribution in [0.4, 0.5) is 0 Å². The van der Waals surface area contributed by atoms with Crippen LogP contribution in [0.1, 0.15) is 22.8 Å². The van der Waals surface area contributed by atoms with Gasteiger partial charge >= 0.3 is 0 Å². The summed E-state index contributed by atoms with van der Waals surface area (Å²) in [5.41, 5.74) is 1.92. The van der Waals surface area contributed by atoms with Gasteiger partial charge in [0.15, 0.2) is 0 Å². The van der Waals surface area contributed by atoms with Crippen molar-refractivity contribution in [3.8, 4) is 5.75 Å². The van der Waals surface area contributed by atoms with Crippen molar-refractivity contribution < 1.29 is 9.53 Å². The van der Waals surface area contributed by atoms with E-state index in [-0.39, 0.29) is 5.91 Å². The van der Waals surface area contributed by atoms with E-state index in [1.807, 2.05) is 24.3 Å². The van der Waals surface area contributed by atoms with Gasteiger partial charge in [-0.05, 0) is 42.3 Å². The monoisotopic (exact) mass is 347 g/mol. The van der Waals surface area contributed by atoms with Gasteiger partial charge in [-0.25, -0.2) is 0 Å². The van der Waals surface area contributed by atoms with Crippen molar-refractivity contribution in [2.45, 2.75) is 13.3 Å². The summed E-state index contributed by atoms with van der Waals surface area (Å²) in [7, 11) is 0. The Bertz CT molecular complexity index is 596. The summed E-state index contributed by atoms with van der Waals surface area (Å²) >= 11 is 3.35. The fourth-order valence-corrected chi connectivity index (χ4v) is 2.29. The average Bonchev–Trinajstić information content (AvgIpc) is 2.52. The predicted octanol–water partition coefficient (Wildman–Crippen LogP) is 3.82. The molecule has 2 aromatic rings. The minimum Gasteiger partial charge on any atom is -0.492 e. The molecule has 0 aromatic heterocycles. The lowest BCUT2D eigenvalue weighted by Gasteiger charge is -2.08. The van der Waals surface area contributed by atoms with E-state index in [0.717, 1.165) is 16.6 Å². The van der Waals surface area contributed by atoms with E-state index in [1.165, 1.54) is 5.56 Å². The molecule has 0 saturated carbocycles. The summed E-state index contributed by atoms with van der Waals surface area (Å²) in [6.07, 6.45) is 1.02. The normalized spacial score (nSPS) is 10.2. The van der Waals surface area contributed by atoms with Crippen molar-refractivity contribution in [3.05, 3.63) is 64.1 Å². The lowest BCUT2D eigenvalue weighted by molar-refractivity contribution is 0.0947. The van der Waals surface area contributed by atoms with Gasteiger partial charge in [-0.1, -0.05) is 41.1 Å². The molecule has 2 aromatic carbocycles. The van der Waals surface area contributed by atoms with E-state index in [2.05, 4.69) is 40.3 Å². The Morgan fingerprint density at radius 3 is 2.62 bits per heavy atom. The summed E-state index contributed by atoms with van der Waals surface area (Å²) in [5.74, 6) is 0.727. The standard InChI is InChI=1S/C17H18BrNO2/c1-2-13-6-8-16(9-7-13)21-11-10-19-17(20)14-4-3-5-15(18)12-14/h3-9,12H,2,10-11H2,1H3,(H,19,20). The first-order chi connectivity index (χ1) is 10.2. The molecule has 0 radical (unpaired) electrons. The summed E-state index contributed by atoms with van der Waals surface area (Å²) in [4.78, 5) is 11.9. The van der Waals surface area contributed by atoms with Gasteiger partial charge < -0.3 is 10.1 Å². The van der Waals surface area contributed by atoms with Crippen LogP contribution in [0.15, 0.2) is 53.0 Å².